The second-order valence-electron chi connectivity index (χ2n) is 15.2. The first kappa shape index (κ1) is 41.9. The third kappa shape index (κ3) is 8.21. The molecule has 0 fully saturated rings. The number of carboxylic acids is 1. The van der Waals surface area contributed by atoms with Gasteiger partial charge in [-0.1, -0.05) is 60.7 Å². The largest absolute Gasteiger partial charge is 0.481 e. The topological polar surface area (TPSA) is 212 Å². The van der Waals surface area contributed by atoms with Gasteiger partial charge in [0.2, 0.25) is 0 Å². The van der Waals surface area contributed by atoms with Crippen LogP contribution in [0.5, 0.6) is 11.5 Å². The van der Waals surface area contributed by atoms with Gasteiger partial charge in [0.15, 0.2) is 13.2 Å². The Morgan fingerprint density at radius 2 is 1.03 bits per heavy atom. The standard InChI is InChI=1S/C24H24N2O5.C23H22N2O5/c1-14-20(23(28)24(25)29)21-18(31-13-19(27)30-2)11-16-9-6-10-17(16)22(21)26(14)12-15-7-4-3-5-8-15;1-13-19(22(28)23(24)29)20-17(30-12-18(26)27)10-15-8-5-9-16(15)21(20)25(13)11-14-6-3-2-4-7-14/h3-5,7-8,11H,6,9-10,12-13H2,1-2H3,(H2,25,29);2-4,6-7,10H,5,8-9,11-12H2,1H3,(H2,24,29)(H,26,27). The van der Waals surface area contributed by atoms with Crippen LogP contribution in [0.2, 0.25) is 0 Å². The number of carboxylic acid groups (broad SMARTS) is 1. The van der Waals surface area contributed by atoms with Crippen LogP contribution in [0, 0.1) is 13.8 Å². The highest BCUT2D eigenvalue weighted by Crippen LogP contribution is 2.43. The van der Waals surface area contributed by atoms with Crippen molar-refractivity contribution in [2.75, 3.05) is 20.3 Å². The van der Waals surface area contributed by atoms with Gasteiger partial charge in [0, 0.05) is 24.5 Å². The van der Waals surface area contributed by atoms with Crippen LogP contribution in [0.3, 0.4) is 0 Å². The number of rotatable bonds is 14. The molecule has 0 saturated carbocycles. The van der Waals surface area contributed by atoms with Crippen LogP contribution in [0.15, 0.2) is 72.8 Å². The number of carbonyl (C=O) groups is 6. The average molecular weight is 827 g/mol. The number of fused-ring (bicyclic) bond motifs is 6. The first-order chi connectivity index (χ1) is 29.3. The van der Waals surface area contributed by atoms with E-state index in [-0.39, 0.29) is 17.7 Å². The van der Waals surface area contributed by atoms with E-state index in [1.54, 1.807) is 13.0 Å². The molecule has 0 saturated heterocycles. The van der Waals surface area contributed by atoms with Crippen molar-refractivity contribution in [2.24, 2.45) is 11.5 Å². The van der Waals surface area contributed by atoms with Crippen molar-refractivity contribution in [3.05, 3.63) is 129 Å². The van der Waals surface area contributed by atoms with Crippen LogP contribution >= 0.6 is 0 Å². The Morgan fingerprint density at radius 3 is 1.41 bits per heavy atom. The van der Waals surface area contributed by atoms with Crippen LogP contribution in [-0.4, -0.2) is 69.9 Å². The Hall–Kier alpha value is -7.22. The Kier molecular flexibility index (Phi) is 12.1. The zero-order valence-corrected chi connectivity index (χ0v) is 34.2. The van der Waals surface area contributed by atoms with Crippen molar-refractivity contribution in [3.63, 3.8) is 0 Å². The number of benzene rings is 4. The molecule has 0 unspecified atom stereocenters. The fraction of sp³-hybridized carbons (Fsp3) is 0.277. The smallest absolute Gasteiger partial charge is 0.343 e. The van der Waals surface area contributed by atoms with E-state index in [2.05, 4.69) is 4.57 Å². The number of primary amides is 2. The summed E-state index contributed by atoms with van der Waals surface area (Å²) < 4.78 is 20.1. The number of amides is 2. The Balaban J connectivity index is 0.000000184. The molecule has 14 heteroatoms. The number of nitrogens with two attached hydrogens (primary N) is 2. The number of aromatic nitrogens is 2. The molecule has 2 amide bonds. The first-order valence-electron chi connectivity index (χ1n) is 20.0. The van der Waals surface area contributed by atoms with Crippen molar-refractivity contribution in [3.8, 4) is 11.5 Å². The molecule has 0 aliphatic heterocycles. The molecule has 2 aliphatic rings. The lowest BCUT2D eigenvalue weighted by molar-refractivity contribution is -0.143. The summed E-state index contributed by atoms with van der Waals surface area (Å²) in [6.07, 6.45) is 5.39. The second kappa shape index (κ2) is 17.6. The van der Waals surface area contributed by atoms with Gasteiger partial charge >= 0.3 is 11.9 Å². The molecule has 2 aromatic heterocycles. The number of nitrogens with zero attached hydrogens (tertiary/aromatic N) is 2. The van der Waals surface area contributed by atoms with E-state index in [1.165, 1.54) is 7.11 Å². The Labute approximate surface area is 351 Å². The summed E-state index contributed by atoms with van der Waals surface area (Å²) in [5.41, 5.74) is 20.6. The normalized spacial score (nSPS) is 12.6. The van der Waals surface area contributed by atoms with Gasteiger partial charge in [0.25, 0.3) is 23.4 Å². The summed E-state index contributed by atoms with van der Waals surface area (Å²) in [7, 11) is 1.28. The van der Waals surface area contributed by atoms with Crippen molar-refractivity contribution in [1.82, 2.24) is 9.13 Å². The second-order valence-corrected chi connectivity index (χ2v) is 15.2. The lowest BCUT2D eigenvalue weighted by Gasteiger charge is -2.14. The average Bonchev–Trinajstić information content (AvgIpc) is 4.04. The fourth-order valence-corrected chi connectivity index (χ4v) is 8.73. The van der Waals surface area contributed by atoms with E-state index in [0.717, 1.165) is 82.9 Å². The molecular weight excluding hydrogens is 781 g/mol. The predicted molar refractivity (Wildman–Crippen MR) is 226 cm³/mol. The maximum atomic E-state index is 12.9. The van der Waals surface area contributed by atoms with E-state index >= 15 is 0 Å². The molecule has 5 N–H and O–H groups in total. The third-order valence-electron chi connectivity index (χ3n) is 11.4. The predicted octanol–water partition coefficient (Wildman–Crippen LogP) is 5.32. The minimum Gasteiger partial charge on any atom is -0.481 e. The van der Waals surface area contributed by atoms with Gasteiger partial charge in [0.05, 0.1) is 40.0 Å². The lowest BCUT2D eigenvalue weighted by atomic mass is 10.0. The van der Waals surface area contributed by atoms with Crippen LogP contribution < -0.4 is 20.9 Å². The molecule has 0 radical (unpaired) electrons. The number of ketones is 2. The fourth-order valence-electron chi connectivity index (χ4n) is 8.73. The quantitative estimate of drug-likeness (QED) is 0.0730. The number of ether oxygens (including phenoxy) is 3. The maximum absolute atomic E-state index is 12.9. The number of esters is 1. The maximum Gasteiger partial charge on any atom is 0.343 e. The number of aryl methyl sites for hydroxylation is 4. The number of hydrogen-bond donors (Lipinski definition) is 3. The van der Waals surface area contributed by atoms with E-state index in [0.29, 0.717) is 46.7 Å². The van der Waals surface area contributed by atoms with Gasteiger partial charge in [-0.3, -0.25) is 19.2 Å². The summed E-state index contributed by atoms with van der Waals surface area (Å²) >= 11 is 0. The van der Waals surface area contributed by atoms with Gasteiger partial charge < -0.3 is 39.9 Å². The summed E-state index contributed by atoms with van der Waals surface area (Å²) in [5.74, 6) is -4.61. The molecule has 4 aromatic carbocycles. The Morgan fingerprint density at radius 1 is 0.623 bits per heavy atom. The Bertz CT molecular complexity index is 2750. The van der Waals surface area contributed by atoms with E-state index < -0.39 is 41.9 Å². The van der Waals surface area contributed by atoms with Gasteiger partial charge in [-0.05, 0) is 97.9 Å². The molecule has 0 bridgehead atoms. The van der Waals surface area contributed by atoms with Gasteiger partial charge in [0.1, 0.15) is 11.5 Å². The summed E-state index contributed by atoms with van der Waals surface area (Å²) in [6, 6.07) is 23.4. The van der Waals surface area contributed by atoms with Crippen LogP contribution in [0.1, 0.15) is 78.3 Å². The summed E-state index contributed by atoms with van der Waals surface area (Å²) in [5, 5.41) is 10.1. The molecule has 14 nitrogen and oxygen atoms in total. The van der Waals surface area contributed by atoms with E-state index in [1.807, 2.05) is 78.2 Å². The molecule has 61 heavy (non-hydrogen) atoms. The van der Waals surface area contributed by atoms with Crippen molar-refractivity contribution in [2.45, 2.75) is 65.5 Å². The number of Topliss-reactive ketones (excluding diaryl/α,β-unsaturated/α-hetero) is 2. The molecule has 314 valence electrons. The molecule has 0 spiro atoms. The molecule has 2 aliphatic carbocycles. The number of carbonyl (C=O) groups excluding carboxylic acids is 5. The minimum absolute atomic E-state index is 0.184. The highest BCUT2D eigenvalue weighted by atomic mass is 16.6. The molecule has 6 aromatic rings. The number of aliphatic carboxylic acids is 1. The van der Waals surface area contributed by atoms with Crippen LogP contribution in [0.25, 0.3) is 21.8 Å². The number of hydrogen-bond acceptors (Lipinski definition) is 9. The van der Waals surface area contributed by atoms with Crippen LogP contribution in [0.4, 0.5) is 0 Å². The third-order valence-corrected chi connectivity index (χ3v) is 11.4. The van der Waals surface area contributed by atoms with Gasteiger partial charge in [-0.15, -0.1) is 0 Å². The van der Waals surface area contributed by atoms with Gasteiger partial charge in [-0.2, -0.15) is 0 Å². The zero-order chi connectivity index (χ0) is 43.5. The highest BCUT2D eigenvalue weighted by molar-refractivity contribution is 6.46. The summed E-state index contributed by atoms with van der Waals surface area (Å²) in [6.45, 7) is 3.79. The summed E-state index contributed by atoms with van der Waals surface area (Å²) in [4.78, 5) is 72.1. The number of methoxy groups -OCH3 is 1. The van der Waals surface area contributed by atoms with Gasteiger partial charge in [-0.25, -0.2) is 9.59 Å². The monoisotopic (exact) mass is 826 g/mol. The highest BCUT2D eigenvalue weighted by Gasteiger charge is 2.32. The van der Waals surface area contributed by atoms with E-state index in [9.17, 15) is 28.8 Å². The van der Waals surface area contributed by atoms with Crippen molar-refractivity contribution in [1.29, 1.82) is 0 Å². The lowest BCUT2D eigenvalue weighted by Crippen LogP contribution is -2.24. The first-order valence-corrected chi connectivity index (χ1v) is 20.0. The van der Waals surface area contributed by atoms with Crippen molar-refractivity contribution >= 4 is 57.1 Å². The molecule has 0 atom stereocenters. The molecule has 2 heterocycles. The zero-order valence-electron chi connectivity index (χ0n) is 34.2. The van der Waals surface area contributed by atoms with E-state index in [4.69, 9.17) is 30.8 Å². The SMILES string of the molecule is COC(=O)COc1cc2c(c3c1c(C(=O)C(N)=O)c(C)n3Cc1ccccc1)CCC2.Cc1c(C(=O)C(N)=O)c2c(OCC(=O)O)cc3c(c2n1Cc1ccccc1)CCC3. The van der Waals surface area contributed by atoms with Crippen molar-refractivity contribution < 1.29 is 48.1 Å². The molecular formula is C47H46N4O10. The van der Waals surface area contributed by atoms with Crippen LogP contribution in [-0.2, 0) is 62.7 Å². The minimum atomic E-state index is -1.12. The molecule has 8 rings (SSSR count).